The van der Waals surface area contributed by atoms with Crippen molar-refractivity contribution in [2.75, 3.05) is 5.32 Å². The van der Waals surface area contributed by atoms with Gasteiger partial charge in [-0.3, -0.25) is 14.6 Å². The van der Waals surface area contributed by atoms with Gasteiger partial charge in [0.15, 0.2) is 0 Å². The van der Waals surface area contributed by atoms with E-state index in [1.165, 1.54) is 11.3 Å². The monoisotopic (exact) mass is 303 g/mol. The Labute approximate surface area is 127 Å². The van der Waals surface area contributed by atoms with Crippen LogP contribution in [0.3, 0.4) is 0 Å². The Morgan fingerprint density at radius 2 is 2.05 bits per heavy atom. The first kappa shape index (κ1) is 15.2. The van der Waals surface area contributed by atoms with E-state index in [9.17, 15) is 9.59 Å². The van der Waals surface area contributed by atoms with E-state index in [1.807, 2.05) is 19.2 Å². The van der Waals surface area contributed by atoms with Crippen molar-refractivity contribution in [3.05, 3.63) is 46.9 Å². The fourth-order valence-corrected chi connectivity index (χ4v) is 2.44. The Kier molecular flexibility index (Phi) is 5.05. The fourth-order valence-electron chi connectivity index (χ4n) is 1.81. The molecular weight excluding hydrogens is 286 g/mol. The zero-order chi connectivity index (χ0) is 15.2. The molecule has 0 spiro atoms. The van der Waals surface area contributed by atoms with Crippen molar-refractivity contribution >= 4 is 28.8 Å². The molecule has 0 radical (unpaired) electrons. The van der Waals surface area contributed by atoms with Gasteiger partial charge in [-0.15, -0.1) is 11.3 Å². The molecule has 0 aromatic carbocycles. The molecule has 6 heteroatoms. The Morgan fingerprint density at radius 1 is 1.24 bits per heavy atom. The van der Waals surface area contributed by atoms with E-state index in [0.29, 0.717) is 10.6 Å². The van der Waals surface area contributed by atoms with Gasteiger partial charge in [0.25, 0.3) is 5.91 Å². The first-order chi connectivity index (χ1) is 10.1. The van der Waals surface area contributed by atoms with Crippen LogP contribution in [0, 0.1) is 5.92 Å². The lowest BCUT2D eigenvalue weighted by Gasteiger charge is -2.21. The van der Waals surface area contributed by atoms with Gasteiger partial charge in [-0.05, 0) is 29.5 Å². The van der Waals surface area contributed by atoms with Crippen LogP contribution in [0.25, 0.3) is 0 Å². The molecule has 2 N–H and O–H groups in total. The number of rotatable bonds is 5. The van der Waals surface area contributed by atoms with E-state index >= 15 is 0 Å². The van der Waals surface area contributed by atoms with Crippen LogP contribution in [0.2, 0.25) is 0 Å². The summed E-state index contributed by atoms with van der Waals surface area (Å²) in [6.45, 7) is 3.78. The van der Waals surface area contributed by atoms with Crippen LogP contribution in [0.5, 0.6) is 0 Å². The highest BCUT2D eigenvalue weighted by atomic mass is 32.1. The minimum absolute atomic E-state index is 0.0226. The molecular formula is C15H17N3O2S. The molecule has 2 heterocycles. The number of hydrogen-bond acceptors (Lipinski definition) is 4. The largest absolute Gasteiger partial charge is 0.339 e. The van der Waals surface area contributed by atoms with Crippen molar-refractivity contribution in [3.63, 3.8) is 0 Å². The third-order valence-electron chi connectivity index (χ3n) is 2.91. The van der Waals surface area contributed by atoms with Crippen LogP contribution in [-0.2, 0) is 4.79 Å². The van der Waals surface area contributed by atoms with Crippen molar-refractivity contribution in [3.8, 4) is 0 Å². The summed E-state index contributed by atoms with van der Waals surface area (Å²) >= 11 is 1.35. The Hall–Kier alpha value is -2.21. The van der Waals surface area contributed by atoms with Crippen LogP contribution >= 0.6 is 11.3 Å². The average molecular weight is 303 g/mol. The predicted octanol–water partition coefficient (Wildman–Crippen LogP) is 2.54. The maximum atomic E-state index is 12.3. The second-order valence-corrected chi connectivity index (χ2v) is 5.85. The number of pyridine rings is 1. The number of hydrogen-bond donors (Lipinski definition) is 2. The second kappa shape index (κ2) is 6.99. The van der Waals surface area contributed by atoms with Crippen LogP contribution in [-0.4, -0.2) is 22.8 Å². The van der Waals surface area contributed by atoms with Gasteiger partial charge in [-0.1, -0.05) is 19.9 Å². The highest BCUT2D eigenvalue weighted by Gasteiger charge is 2.25. The molecule has 2 aromatic rings. The van der Waals surface area contributed by atoms with Crippen molar-refractivity contribution in [1.29, 1.82) is 0 Å². The number of carbonyl (C=O) groups excluding carboxylic acids is 2. The number of thiophene rings is 1. The molecule has 0 saturated carbocycles. The van der Waals surface area contributed by atoms with Gasteiger partial charge in [0, 0.05) is 6.20 Å². The van der Waals surface area contributed by atoms with Gasteiger partial charge >= 0.3 is 0 Å². The smallest absolute Gasteiger partial charge is 0.262 e. The zero-order valence-electron chi connectivity index (χ0n) is 11.9. The lowest BCUT2D eigenvalue weighted by Crippen LogP contribution is -2.46. The molecule has 0 fully saturated rings. The summed E-state index contributed by atoms with van der Waals surface area (Å²) in [5.74, 6) is -0.501. The molecule has 0 bridgehead atoms. The van der Waals surface area contributed by atoms with Gasteiger partial charge in [0.05, 0.1) is 16.8 Å². The molecule has 0 aliphatic carbocycles. The Balaban J connectivity index is 2.05. The number of nitrogens with one attached hydrogen (secondary N) is 2. The number of anilines is 1. The Morgan fingerprint density at radius 3 is 2.62 bits per heavy atom. The molecule has 2 rings (SSSR count). The number of amides is 2. The standard InChI is InChI=1S/C15H17N3O2S/c1-10(2)13(18-14(19)12-6-4-8-21-12)15(20)17-11-5-3-7-16-9-11/h3-10,13H,1-2H3,(H,17,20)(H,18,19). The van der Waals surface area contributed by atoms with Gasteiger partial charge in [0.1, 0.15) is 6.04 Å². The minimum atomic E-state index is -0.597. The molecule has 2 aromatic heterocycles. The number of carbonyl (C=O) groups is 2. The predicted molar refractivity (Wildman–Crippen MR) is 83.3 cm³/mol. The van der Waals surface area contributed by atoms with Crippen LogP contribution in [0.4, 0.5) is 5.69 Å². The maximum Gasteiger partial charge on any atom is 0.262 e. The molecule has 2 amide bonds. The summed E-state index contributed by atoms with van der Waals surface area (Å²) in [7, 11) is 0. The summed E-state index contributed by atoms with van der Waals surface area (Å²) in [6, 6.07) is 6.43. The van der Waals surface area contributed by atoms with E-state index in [4.69, 9.17) is 0 Å². The van der Waals surface area contributed by atoms with Gasteiger partial charge in [-0.2, -0.15) is 0 Å². The van der Waals surface area contributed by atoms with E-state index in [1.54, 1.807) is 36.7 Å². The fraction of sp³-hybridized carbons (Fsp3) is 0.267. The molecule has 110 valence electrons. The molecule has 21 heavy (non-hydrogen) atoms. The maximum absolute atomic E-state index is 12.3. The Bertz CT molecular complexity index is 597. The average Bonchev–Trinajstić information content (AvgIpc) is 2.99. The van der Waals surface area contributed by atoms with Gasteiger partial charge in [-0.25, -0.2) is 0 Å². The van der Waals surface area contributed by atoms with Crippen LogP contribution in [0.1, 0.15) is 23.5 Å². The number of nitrogens with zero attached hydrogens (tertiary/aromatic N) is 1. The third-order valence-corrected chi connectivity index (χ3v) is 3.78. The molecule has 0 saturated heterocycles. The van der Waals surface area contributed by atoms with E-state index in [-0.39, 0.29) is 17.7 Å². The number of aromatic nitrogens is 1. The van der Waals surface area contributed by atoms with E-state index in [2.05, 4.69) is 15.6 Å². The van der Waals surface area contributed by atoms with Crippen molar-refractivity contribution < 1.29 is 9.59 Å². The summed E-state index contributed by atoms with van der Waals surface area (Å²) in [6.07, 6.45) is 3.20. The van der Waals surface area contributed by atoms with Crippen molar-refractivity contribution in [1.82, 2.24) is 10.3 Å². The van der Waals surface area contributed by atoms with Gasteiger partial charge in [0.2, 0.25) is 5.91 Å². The lowest BCUT2D eigenvalue weighted by atomic mass is 10.0. The molecule has 0 aliphatic rings. The molecule has 1 atom stereocenters. The first-order valence-electron chi connectivity index (χ1n) is 6.63. The van der Waals surface area contributed by atoms with Crippen LogP contribution < -0.4 is 10.6 Å². The van der Waals surface area contributed by atoms with Gasteiger partial charge < -0.3 is 10.6 Å². The van der Waals surface area contributed by atoms with E-state index < -0.39 is 6.04 Å². The molecule has 5 nitrogen and oxygen atoms in total. The quantitative estimate of drug-likeness (QED) is 0.891. The summed E-state index contributed by atoms with van der Waals surface area (Å²) in [5, 5.41) is 7.37. The SMILES string of the molecule is CC(C)C(NC(=O)c1cccs1)C(=O)Nc1cccnc1. The van der Waals surface area contributed by atoms with E-state index in [0.717, 1.165) is 0 Å². The van der Waals surface area contributed by atoms with Crippen molar-refractivity contribution in [2.45, 2.75) is 19.9 Å². The summed E-state index contributed by atoms with van der Waals surface area (Å²) in [5.41, 5.74) is 0.610. The highest BCUT2D eigenvalue weighted by molar-refractivity contribution is 7.12. The van der Waals surface area contributed by atoms with Crippen LogP contribution in [0.15, 0.2) is 42.0 Å². The summed E-state index contributed by atoms with van der Waals surface area (Å²) < 4.78 is 0. The normalized spacial score (nSPS) is 12.0. The molecule has 1 unspecified atom stereocenters. The third kappa shape index (κ3) is 4.13. The molecule has 0 aliphatic heterocycles. The lowest BCUT2D eigenvalue weighted by molar-refractivity contribution is -0.118. The van der Waals surface area contributed by atoms with Crippen molar-refractivity contribution in [2.24, 2.45) is 5.92 Å². The topological polar surface area (TPSA) is 71.1 Å². The first-order valence-corrected chi connectivity index (χ1v) is 7.51. The highest BCUT2D eigenvalue weighted by Crippen LogP contribution is 2.12. The zero-order valence-corrected chi connectivity index (χ0v) is 12.7. The summed E-state index contributed by atoms with van der Waals surface area (Å²) in [4.78, 5) is 28.9. The second-order valence-electron chi connectivity index (χ2n) is 4.90. The minimum Gasteiger partial charge on any atom is -0.339 e.